The molecule has 2 atom stereocenters. The molecule has 0 bridgehead atoms. The Balaban J connectivity index is 2.27. The molecule has 1 heterocycles. The molecule has 0 aliphatic carbocycles. The molecular weight excluding hydrogens is 232 g/mol. The number of rotatable bonds is 1. The van der Waals surface area contributed by atoms with E-state index >= 15 is 0 Å². The lowest BCUT2D eigenvalue weighted by Crippen LogP contribution is -2.38. The number of hydrogen-bond acceptors (Lipinski definition) is 2. The van der Waals surface area contributed by atoms with Gasteiger partial charge in [-0.25, -0.2) is 0 Å². The fourth-order valence-corrected chi connectivity index (χ4v) is 2.55. The highest BCUT2D eigenvalue weighted by molar-refractivity contribution is 6.30. The highest BCUT2D eigenvalue weighted by Gasteiger charge is 2.21. The molecule has 17 heavy (non-hydrogen) atoms. The van der Waals surface area contributed by atoms with E-state index < -0.39 is 0 Å². The first-order valence-electron chi connectivity index (χ1n) is 6.34. The number of aryl methyl sites for hydroxylation is 1. The van der Waals surface area contributed by atoms with Gasteiger partial charge in [0.2, 0.25) is 0 Å². The first kappa shape index (κ1) is 12.7. The Morgan fingerprint density at radius 3 is 2.88 bits per heavy atom. The van der Waals surface area contributed by atoms with Crippen molar-refractivity contribution in [1.29, 1.82) is 0 Å². The number of nitrogens with zero attached hydrogens (tertiary/aromatic N) is 1. The molecule has 1 N–H and O–H groups in total. The third-order valence-electron chi connectivity index (χ3n) is 3.58. The van der Waals surface area contributed by atoms with Gasteiger partial charge >= 0.3 is 0 Å². The van der Waals surface area contributed by atoms with Crippen molar-refractivity contribution in [3.05, 3.63) is 28.8 Å². The van der Waals surface area contributed by atoms with Gasteiger partial charge in [-0.15, -0.1) is 0 Å². The third kappa shape index (κ3) is 2.93. The summed E-state index contributed by atoms with van der Waals surface area (Å²) in [5.74, 6) is 0. The van der Waals surface area contributed by atoms with Crippen LogP contribution >= 0.6 is 11.6 Å². The maximum atomic E-state index is 6.11. The number of halogens is 1. The van der Waals surface area contributed by atoms with Crippen LogP contribution in [0.25, 0.3) is 0 Å². The van der Waals surface area contributed by atoms with Crippen LogP contribution in [-0.4, -0.2) is 25.2 Å². The zero-order valence-corrected chi connectivity index (χ0v) is 11.6. The Labute approximate surface area is 109 Å². The number of hydrogen-bond donors (Lipinski definition) is 1. The summed E-state index contributed by atoms with van der Waals surface area (Å²) in [5, 5.41) is 4.38. The van der Waals surface area contributed by atoms with Gasteiger partial charge in [0.1, 0.15) is 0 Å². The minimum atomic E-state index is 0.511. The average molecular weight is 253 g/mol. The van der Waals surface area contributed by atoms with E-state index in [1.165, 1.54) is 17.7 Å². The molecule has 1 aromatic carbocycles. The van der Waals surface area contributed by atoms with E-state index in [1.807, 2.05) is 6.07 Å². The van der Waals surface area contributed by atoms with Crippen LogP contribution < -0.4 is 10.2 Å². The molecule has 1 fully saturated rings. The van der Waals surface area contributed by atoms with Gasteiger partial charge in [0.25, 0.3) is 0 Å². The van der Waals surface area contributed by atoms with E-state index in [9.17, 15) is 0 Å². The van der Waals surface area contributed by atoms with Crippen LogP contribution in [0.5, 0.6) is 0 Å². The summed E-state index contributed by atoms with van der Waals surface area (Å²) in [6.45, 7) is 8.80. The van der Waals surface area contributed by atoms with Crippen molar-refractivity contribution in [2.45, 2.75) is 39.3 Å². The molecule has 1 saturated heterocycles. The number of anilines is 1. The predicted octanol–water partition coefficient (Wildman–Crippen LogP) is 3.23. The smallest absolute Gasteiger partial charge is 0.0426 e. The van der Waals surface area contributed by atoms with Gasteiger partial charge in [0.05, 0.1) is 0 Å². The predicted molar refractivity (Wildman–Crippen MR) is 75.1 cm³/mol. The number of benzene rings is 1. The maximum absolute atomic E-state index is 6.11. The molecule has 3 heteroatoms. The molecule has 1 aromatic rings. The Bertz CT molecular complexity index is 392. The highest BCUT2D eigenvalue weighted by atomic mass is 35.5. The molecule has 1 aliphatic heterocycles. The molecule has 0 amide bonds. The molecule has 2 nitrogen and oxygen atoms in total. The van der Waals surface area contributed by atoms with Crippen LogP contribution in [0.3, 0.4) is 0 Å². The van der Waals surface area contributed by atoms with Crippen molar-refractivity contribution in [2.24, 2.45) is 0 Å². The Kier molecular flexibility index (Phi) is 3.95. The van der Waals surface area contributed by atoms with Crippen LogP contribution in [0, 0.1) is 6.92 Å². The summed E-state index contributed by atoms with van der Waals surface area (Å²) < 4.78 is 0. The normalized spacial score (nSPS) is 25.8. The van der Waals surface area contributed by atoms with Gasteiger partial charge in [0, 0.05) is 35.9 Å². The van der Waals surface area contributed by atoms with Crippen LogP contribution in [0.1, 0.15) is 25.8 Å². The quantitative estimate of drug-likeness (QED) is 0.826. The SMILES string of the molecule is Cc1ccc(Cl)cc1N1CCC(C)NCC1C. The molecule has 0 aromatic heterocycles. The second-order valence-electron chi connectivity index (χ2n) is 5.07. The van der Waals surface area contributed by atoms with Gasteiger partial charge in [-0.05, 0) is 44.9 Å². The van der Waals surface area contributed by atoms with E-state index in [1.54, 1.807) is 0 Å². The second kappa shape index (κ2) is 5.28. The summed E-state index contributed by atoms with van der Waals surface area (Å²) >= 11 is 6.11. The summed E-state index contributed by atoms with van der Waals surface area (Å²) in [4.78, 5) is 2.47. The average Bonchev–Trinajstić information content (AvgIpc) is 2.46. The maximum Gasteiger partial charge on any atom is 0.0426 e. The van der Waals surface area contributed by atoms with E-state index in [0.29, 0.717) is 12.1 Å². The van der Waals surface area contributed by atoms with Crippen molar-refractivity contribution in [1.82, 2.24) is 5.32 Å². The van der Waals surface area contributed by atoms with Crippen molar-refractivity contribution < 1.29 is 0 Å². The molecule has 2 unspecified atom stereocenters. The number of nitrogens with one attached hydrogen (secondary N) is 1. The Hall–Kier alpha value is -0.730. The standard InChI is InChI=1S/C14H21ClN2/c1-10-4-5-13(15)8-14(10)17-7-6-11(2)16-9-12(17)3/h4-5,8,11-12,16H,6-7,9H2,1-3H3. The first-order chi connectivity index (χ1) is 8.08. The summed E-state index contributed by atoms with van der Waals surface area (Å²) in [5.41, 5.74) is 2.58. The fraction of sp³-hybridized carbons (Fsp3) is 0.571. The van der Waals surface area contributed by atoms with E-state index in [4.69, 9.17) is 11.6 Å². The Morgan fingerprint density at radius 2 is 2.12 bits per heavy atom. The van der Waals surface area contributed by atoms with Crippen LogP contribution in [0.15, 0.2) is 18.2 Å². The molecule has 0 saturated carbocycles. The Morgan fingerprint density at radius 1 is 1.35 bits per heavy atom. The van der Waals surface area contributed by atoms with E-state index in [-0.39, 0.29) is 0 Å². The lowest BCUT2D eigenvalue weighted by molar-refractivity contribution is 0.548. The first-order valence-corrected chi connectivity index (χ1v) is 6.72. The molecule has 0 spiro atoms. The zero-order chi connectivity index (χ0) is 12.4. The fourth-order valence-electron chi connectivity index (χ4n) is 2.39. The van der Waals surface area contributed by atoms with E-state index in [0.717, 1.165) is 18.1 Å². The molecule has 1 aliphatic rings. The van der Waals surface area contributed by atoms with Crippen LogP contribution in [0.4, 0.5) is 5.69 Å². The molecule has 94 valence electrons. The summed E-state index contributed by atoms with van der Waals surface area (Å²) in [6, 6.07) is 7.26. The summed E-state index contributed by atoms with van der Waals surface area (Å²) in [6.07, 6.45) is 1.18. The molecule has 0 radical (unpaired) electrons. The minimum Gasteiger partial charge on any atom is -0.367 e. The van der Waals surface area contributed by atoms with Crippen molar-refractivity contribution in [3.8, 4) is 0 Å². The van der Waals surface area contributed by atoms with E-state index in [2.05, 4.69) is 43.1 Å². The largest absolute Gasteiger partial charge is 0.367 e. The molecular formula is C14H21ClN2. The third-order valence-corrected chi connectivity index (χ3v) is 3.81. The van der Waals surface area contributed by atoms with Gasteiger partial charge in [-0.3, -0.25) is 0 Å². The zero-order valence-electron chi connectivity index (χ0n) is 10.8. The van der Waals surface area contributed by atoms with Gasteiger partial charge in [0.15, 0.2) is 0 Å². The minimum absolute atomic E-state index is 0.511. The monoisotopic (exact) mass is 252 g/mol. The highest BCUT2D eigenvalue weighted by Crippen LogP contribution is 2.27. The topological polar surface area (TPSA) is 15.3 Å². The lowest BCUT2D eigenvalue weighted by Gasteiger charge is -2.30. The lowest BCUT2D eigenvalue weighted by atomic mass is 10.1. The second-order valence-corrected chi connectivity index (χ2v) is 5.51. The van der Waals surface area contributed by atoms with Gasteiger partial charge in [-0.1, -0.05) is 17.7 Å². The van der Waals surface area contributed by atoms with Gasteiger partial charge in [-0.2, -0.15) is 0 Å². The van der Waals surface area contributed by atoms with Gasteiger partial charge < -0.3 is 10.2 Å². The summed E-state index contributed by atoms with van der Waals surface area (Å²) in [7, 11) is 0. The van der Waals surface area contributed by atoms with Crippen LogP contribution in [-0.2, 0) is 0 Å². The van der Waals surface area contributed by atoms with Crippen LogP contribution in [0.2, 0.25) is 5.02 Å². The van der Waals surface area contributed by atoms with Crippen molar-refractivity contribution in [2.75, 3.05) is 18.0 Å². The van der Waals surface area contributed by atoms with Crippen molar-refractivity contribution in [3.63, 3.8) is 0 Å². The van der Waals surface area contributed by atoms with Crippen molar-refractivity contribution >= 4 is 17.3 Å². The molecule has 2 rings (SSSR count).